The summed E-state index contributed by atoms with van der Waals surface area (Å²) in [7, 11) is 1.48. The fraction of sp³-hybridized carbons (Fsp3) is 0.367. The molecule has 2 N–H and O–H groups in total. The number of aromatic nitrogens is 1. The number of nitrogens with zero attached hydrogens (tertiary/aromatic N) is 2. The van der Waals surface area contributed by atoms with Crippen molar-refractivity contribution in [1.82, 2.24) is 9.88 Å². The summed E-state index contributed by atoms with van der Waals surface area (Å²) < 4.78 is 113. The van der Waals surface area contributed by atoms with Gasteiger partial charge in [0.2, 0.25) is 0 Å². The number of carboxylic acid groups (broad SMARTS) is 1. The number of ether oxygens (including phenoxy) is 1. The highest BCUT2D eigenvalue weighted by molar-refractivity contribution is 5.96. The molecule has 1 unspecified atom stereocenters. The zero-order valence-corrected chi connectivity index (χ0v) is 24.9. The number of benzene rings is 2. The number of carboxylic acids is 1. The number of rotatable bonds is 5. The Morgan fingerprint density at radius 2 is 1.61 bits per heavy atom. The van der Waals surface area contributed by atoms with E-state index in [2.05, 4.69) is 0 Å². The van der Waals surface area contributed by atoms with E-state index in [0.29, 0.717) is 23.3 Å². The summed E-state index contributed by atoms with van der Waals surface area (Å²) >= 11 is 0. The van der Waals surface area contributed by atoms with Gasteiger partial charge in [0, 0.05) is 25.0 Å². The molecule has 0 radical (unpaired) electrons. The van der Waals surface area contributed by atoms with Gasteiger partial charge >= 0.3 is 18.3 Å². The van der Waals surface area contributed by atoms with Crippen LogP contribution in [0.25, 0.3) is 11.1 Å². The maximum absolute atomic E-state index is 14.1. The quantitative estimate of drug-likeness (QED) is 0.348. The number of nitrogens with one attached hydrogen (secondary N) is 1. The summed E-state index contributed by atoms with van der Waals surface area (Å²) in [5.74, 6) is -5.54. The van der Waals surface area contributed by atoms with Crippen molar-refractivity contribution < 1.29 is 54.6 Å². The largest absolute Gasteiger partial charge is 0.480 e. The van der Waals surface area contributed by atoms with Crippen LogP contribution in [-0.2, 0) is 22.8 Å². The molecule has 0 aliphatic carbocycles. The van der Waals surface area contributed by atoms with Gasteiger partial charge in [-0.15, -0.1) is 0 Å². The Hall–Kier alpha value is -4.47. The van der Waals surface area contributed by atoms with Crippen molar-refractivity contribution in [2.75, 3.05) is 31.2 Å². The Morgan fingerprint density at radius 1 is 1.00 bits per heavy atom. The number of halogens is 8. The van der Waals surface area contributed by atoms with Gasteiger partial charge in [-0.3, -0.25) is 14.4 Å². The molecule has 0 saturated carbocycles. The number of pyridine rings is 1. The number of hydrogen-bond donors (Lipinski definition) is 2. The standard InChI is InChI=1S/C16H16F3NO.C14H13F5N2O4/c1-9-5-6-12(10(2)7-9)14-13(16(17,18)19)8-11(3)20(4)15(14)21;15-8-3-7(21-1-2-25-6-10(21)14(17,18)19)4-9(16)12(8)13(24)20-5-11(22)23/h5-8H,1-4H3;3-4,10H,1-2,5-6H2,(H,20,24)(H,22,23). The van der Waals surface area contributed by atoms with E-state index in [9.17, 15) is 49.5 Å². The summed E-state index contributed by atoms with van der Waals surface area (Å²) in [6.07, 6.45) is -9.24. The first-order chi connectivity index (χ1) is 21.2. The predicted molar refractivity (Wildman–Crippen MR) is 151 cm³/mol. The first kappa shape index (κ1) is 36.0. The molecule has 2 aromatic carbocycles. The molecule has 3 aromatic rings. The van der Waals surface area contributed by atoms with E-state index < -0.39 is 77.4 Å². The number of aliphatic carboxylic acids is 1. The van der Waals surface area contributed by atoms with E-state index in [1.54, 1.807) is 30.4 Å². The lowest BCUT2D eigenvalue weighted by Crippen LogP contribution is -2.53. The average Bonchev–Trinajstić information content (AvgIpc) is 2.94. The van der Waals surface area contributed by atoms with Crippen molar-refractivity contribution in [3.05, 3.63) is 86.3 Å². The van der Waals surface area contributed by atoms with Crippen LogP contribution in [0.2, 0.25) is 0 Å². The second-order valence-electron chi connectivity index (χ2n) is 10.4. The molecular formula is C30H29F8N3O5. The van der Waals surface area contributed by atoms with Crippen LogP contribution in [-0.4, -0.2) is 60.1 Å². The molecule has 2 heterocycles. The third-order valence-electron chi connectivity index (χ3n) is 7.12. The first-order valence-corrected chi connectivity index (χ1v) is 13.5. The molecule has 46 heavy (non-hydrogen) atoms. The highest BCUT2D eigenvalue weighted by Gasteiger charge is 2.46. The molecule has 0 bridgehead atoms. The van der Waals surface area contributed by atoms with E-state index in [1.165, 1.54) is 18.5 Å². The molecule has 1 atom stereocenters. The van der Waals surface area contributed by atoms with Crippen LogP contribution in [0.4, 0.5) is 40.8 Å². The van der Waals surface area contributed by atoms with Gasteiger partial charge in [-0.05, 0) is 50.1 Å². The van der Waals surface area contributed by atoms with Gasteiger partial charge in [-0.25, -0.2) is 8.78 Å². The minimum absolute atomic E-state index is 0.0589. The average molecular weight is 664 g/mol. The number of amides is 1. The molecule has 1 saturated heterocycles. The number of morpholine rings is 1. The number of carbonyl (C=O) groups is 2. The summed E-state index contributed by atoms with van der Waals surface area (Å²) in [6, 6.07) is 5.20. The maximum Gasteiger partial charge on any atom is 0.417 e. The summed E-state index contributed by atoms with van der Waals surface area (Å²) in [5.41, 5.74) is -1.06. The van der Waals surface area contributed by atoms with Crippen LogP contribution in [0, 0.1) is 32.4 Å². The third kappa shape index (κ3) is 8.21. The minimum atomic E-state index is -4.68. The van der Waals surface area contributed by atoms with Gasteiger partial charge in [0.25, 0.3) is 11.5 Å². The number of alkyl halides is 6. The lowest BCUT2D eigenvalue weighted by atomic mass is 9.95. The fourth-order valence-corrected chi connectivity index (χ4v) is 4.77. The van der Waals surface area contributed by atoms with Crippen molar-refractivity contribution in [2.45, 2.75) is 39.2 Å². The van der Waals surface area contributed by atoms with Crippen LogP contribution in [0.3, 0.4) is 0 Å². The van der Waals surface area contributed by atoms with Crippen molar-refractivity contribution in [2.24, 2.45) is 7.05 Å². The predicted octanol–water partition coefficient (Wildman–Crippen LogP) is 5.54. The molecule has 16 heteroatoms. The van der Waals surface area contributed by atoms with Crippen molar-refractivity contribution in [1.29, 1.82) is 0 Å². The van der Waals surface area contributed by atoms with Crippen LogP contribution in [0.1, 0.15) is 32.7 Å². The molecule has 250 valence electrons. The Morgan fingerprint density at radius 3 is 2.13 bits per heavy atom. The summed E-state index contributed by atoms with van der Waals surface area (Å²) in [5, 5.41) is 10.2. The van der Waals surface area contributed by atoms with Gasteiger partial charge < -0.3 is 24.6 Å². The highest BCUT2D eigenvalue weighted by atomic mass is 19.4. The van der Waals surface area contributed by atoms with Crippen LogP contribution < -0.4 is 15.8 Å². The fourth-order valence-electron chi connectivity index (χ4n) is 4.77. The summed E-state index contributed by atoms with van der Waals surface area (Å²) in [6.45, 7) is 3.20. The van der Waals surface area contributed by atoms with Gasteiger partial charge in [0.15, 0.2) is 0 Å². The topological polar surface area (TPSA) is 101 Å². The van der Waals surface area contributed by atoms with Crippen molar-refractivity contribution >= 4 is 17.6 Å². The van der Waals surface area contributed by atoms with Gasteiger partial charge in [0.1, 0.15) is 29.8 Å². The van der Waals surface area contributed by atoms with E-state index in [-0.39, 0.29) is 24.4 Å². The van der Waals surface area contributed by atoms with Crippen LogP contribution in [0.5, 0.6) is 0 Å². The van der Waals surface area contributed by atoms with E-state index in [4.69, 9.17) is 9.84 Å². The molecule has 1 amide bonds. The summed E-state index contributed by atoms with van der Waals surface area (Å²) in [4.78, 5) is 35.1. The van der Waals surface area contributed by atoms with Gasteiger partial charge in [-0.1, -0.05) is 23.8 Å². The molecule has 1 aliphatic rings. The molecule has 0 spiro atoms. The Kier molecular flexibility index (Phi) is 10.9. The molecular weight excluding hydrogens is 634 g/mol. The van der Waals surface area contributed by atoms with E-state index >= 15 is 0 Å². The van der Waals surface area contributed by atoms with Gasteiger partial charge in [0.05, 0.1) is 24.3 Å². The molecule has 8 nitrogen and oxygen atoms in total. The zero-order valence-electron chi connectivity index (χ0n) is 24.9. The van der Waals surface area contributed by atoms with Crippen LogP contribution in [0.15, 0.2) is 41.2 Å². The number of aryl methyl sites for hydroxylation is 3. The first-order valence-electron chi connectivity index (χ1n) is 13.5. The Labute approximate surface area is 257 Å². The van der Waals surface area contributed by atoms with E-state index in [1.807, 2.05) is 6.92 Å². The minimum Gasteiger partial charge on any atom is -0.480 e. The van der Waals surface area contributed by atoms with Crippen molar-refractivity contribution in [3.8, 4) is 11.1 Å². The number of anilines is 1. The lowest BCUT2D eigenvalue weighted by Gasteiger charge is -2.38. The second kappa shape index (κ2) is 13.9. The Balaban J connectivity index is 0.000000254. The Bertz CT molecular complexity index is 1660. The number of hydrogen-bond acceptors (Lipinski definition) is 5. The second-order valence-corrected chi connectivity index (χ2v) is 10.4. The van der Waals surface area contributed by atoms with Crippen molar-refractivity contribution in [3.63, 3.8) is 0 Å². The molecule has 1 fully saturated rings. The lowest BCUT2D eigenvalue weighted by molar-refractivity contribution is -0.167. The molecule has 4 rings (SSSR count). The number of carbonyl (C=O) groups excluding carboxylic acids is 1. The zero-order chi connectivity index (χ0) is 34.7. The normalized spacial score (nSPS) is 15.2. The third-order valence-corrected chi connectivity index (χ3v) is 7.12. The van der Waals surface area contributed by atoms with Crippen LogP contribution >= 0.6 is 0 Å². The SMILES string of the molecule is Cc1ccc(-c2c(C(F)(F)F)cc(C)n(C)c2=O)c(C)c1.O=C(O)CNC(=O)c1c(F)cc(N2CCOCC2C(F)(F)F)cc1F. The maximum atomic E-state index is 14.1. The molecule has 1 aliphatic heterocycles. The molecule has 1 aromatic heterocycles. The smallest absolute Gasteiger partial charge is 0.417 e. The van der Waals surface area contributed by atoms with Gasteiger partial charge in [-0.2, -0.15) is 26.3 Å². The monoisotopic (exact) mass is 663 g/mol. The highest BCUT2D eigenvalue weighted by Crippen LogP contribution is 2.37. The van der Waals surface area contributed by atoms with E-state index in [0.717, 1.165) is 16.5 Å².